The van der Waals surface area contributed by atoms with E-state index in [1.54, 1.807) is 12.1 Å². The molecule has 22 heavy (non-hydrogen) atoms. The maximum atomic E-state index is 12.1. The van der Waals surface area contributed by atoms with Gasteiger partial charge >= 0.3 is 11.9 Å². The van der Waals surface area contributed by atoms with Crippen LogP contribution in [-0.4, -0.2) is 30.2 Å². The molecule has 0 N–H and O–H groups in total. The fraction of sp³-hybridized carbons (Fsp3) is 0.294. The quantitative estimate of drug-likeness (QED) is 0.770. The third-order valence-electron chi connectivity index (χ3n) is 3.45. The van der Waals surface area contributed by atoms with Gasteiger partial charge in [-0.05, 0) is 24.6 Å². The van der Waals surface area contributed by atoms with Crippen LogP contribution in [0.15, 0.2) is 48.7 Å². The van der Waals surface area contributed by atoms with Crippen LogP contribution in [0.4, 0.5) is 0 Å². The summed E-state index contributed by atoms with van der Waals surface area (Å²) in [6.45, 7) is 2.02. The number of methoxy groups -OCH3 is 1. The molecule has 5 nitrogen and oxygen atoms in total. The molecule has 1 aromatic carbocycles. The highest BCUT2D eigenvalue weighted by Crippen LogP contribution is 2.20. The monoisotopic (exact) mass is 301 g/mol. The molecule has 0 aliphatic heterocycles. The number of hydrogen-bond acceptors (Lipinski definition) is 4. The molecule has 2 rings (SSSR count). The van der Waals surface area contributed by atoms with Crippen molar-refractivity contribution in [1.82, 2.24) is 4.57 Å². The van der Waals surface area contributed by atoms with E-state index in [1.165, 1.54) is 7.11 Å². The maximum Gasteiger partial charge on any atom is 0.354 e. The molecular formula is C17H19NO4. The molecule has 1 unspecified atom stereocenters. The van der Waals surface area contributed by atoms with Crippen molar-refractivity contribution in [3.8, 4) is 0 Å². The molecular weight excluding hydrogens is 282 g/mol. The second-order valence-electron chi connectivity index (χ2n) is 4.85. The highest BCUT2D eigenvalue weighted by molar-refractivity contribution is 5.88. The van der Waals surface area contributed by atoms with Crippen LogP contribution in [-0.2, 0) is 14.3 Å². The van der Waals surface area contributed by atoms with Crippen molar-refractivity contribution in [3.63, 3.8) is 0 Å². The van der Waals surface area contributed by atoms with E-state index in [0.717, 1.165) is 5.56 Å². The summed E-state index contributed by atoms with van der Waals surface area (Å²) in [7, 11) is 1.30. The maximum absolute atomic E-state index is 12.1. The summed E-state index contributed by atoms with van der Waals surface area (Å²) in [6, 6.07) is 13.4. The lowest BCUT2D eigenvalue weighted by atomic mass is 10.1. The average molecular weight is 301 g/mol. The zero-order valence-electron chi connectivity index (χ0n) is 12.7. The van der Waals surface area contributed by atoms with Gasteiger partial charge in [0.15, 0.2) is 0 Å². The number of nitrogens with zero attached hydrogens (tertiary/aromatic N) is 1. The van der Waals surface area contributed by atoms with Crippen molar-refractivity contribution >= 4 is 11.9 Å². The summed E-state index contributed by atoms with van der Waals surface area (Å²) in [5, 5.41) is 0. The number of hydrogen-bond donors (Lipinski definition) is 0. The first-order chi connectivity index (χ1) is 10.6. The Morgan fingerprint density at radius 1 is 1.14 bits per heavy atom. The van der Waals surface area contributed by atoms with Gasteiger partial charge < -0.3 is 14.0 Å². The van der Waals surface area contributed by atoms with Crippen LogP contribution in [0, 0.1) is 0 Å². The smallest absolute Gasteiger partial charge is 0.354 e. The fourth-order valence-electron chi connectivity index (χ4n) is 2.20. The van der Waals surface area contributed by atoms with Crippen molar-refractivity contribution < 1.29 is 19.1 Å². The highest BCUT2D eigenvalue weighted by atomic mass is 16.5. The SMILES string of the molecule is COC(=O)CCOC(=O)c1cccn1C(C)c1ccccc1. The van der Waals surface area contributed by atoms with Crippen LogP contribution in [0.25, 0.3) is 0 Å². The predicted octanol–water partition coefficient (Wildman–Crippen LogP) is 2.82. The van der Waals surface area contributed by atoms with Crippen LogP contribution in [0.2, 0.25) is 0 Å². The molecule has 0 bridgehead atoms. The molecule has 0 spiro atoms. The van der Waals surface area contributed by atoms with E-state index >= 15 is 0 Å². The number of rotatable bonds is 6. The molecule has 1 aromatic heterocycles. The number of aromatic nitrogens is 1. The van der Waals surface area contributed by atoms with E-state index in [4.69, 9.17) is 4.74 Å². The van der Waals surface area contributed by atoms with E-state index in [0.29, 0.717) is 5.69 Å². The first-order valence-corrected chi connectivity index (χ1v) is 7.09. The third-order valence-corrected chi connectivity index (χ3v) is 3.45. The molecule has 1 heterocycles. The molecule has 5 heteroatoms. The van der Waals surface area contributed by atoms with Gasteiger partial charge in [0.25, 0.3) is 0 Å². The summed E-state index contributed by atoms with van der Waals surface area (Å²) in [6.07, 6.45) is 1.89. The molecule has 0 fully saturated rings. The Hall–Kier alpha value is -2.56. The second-order valence-corrected chi connectivity index (χ2v) is 4.85. The summed E-state index contributed by atoms with van der Waals surface area (Å²) in [5.41, 5.74) is 1.56. The number of benzene rings is 1. The van der Waals surface area contributed by atoms with Gasteiger partial charge in [0, 0.05) is 6.20 Å². The van der Waals surface area contributed by atoms with Gasteiger partial charge in [0.1, 0.15) is 12.3 Å². The van der Waals surface area contributed by atoms with Gasteiger partial charge in [-0.25, -0.2) is 4.79 Å². The van der Waals surface area contributed by atoms with Gasteiger partial charge in [-0.15, -0.1) is 0 Å². The molecule has 0 radical (unpaired) electrons. The third kappa shape index (κ3) is 3.75. The van der Waals surface area contributed by atoms with Crippen LogP contribution < -0.4 is 0 Å². The van der Waals surface area contributed by atoms with E-state index < -0.39 is 11.9 Å². The molecule has 1 atom stereocenters. The molecule has 0 saturated carbocycles. The normalized spacial score (nSPS) is 11.7. The molecule has 0 aliphatic carbocycles. The minimum atomic E-state index is -0.448. The van der Waals surface area contributed by atoms with Gasteiger partial charge in [-0.2, -0.15) is 0 Å². The molecule has 0 saturated heterocycles. The Balaban J connectivity index is 2.06. The molecule has 2 aromatic rings. The van der Waals surface area contributed by atoms with E-state index in [2.05, 4.69) is 4.74 Å². The van der Waals surface area contributed by atoms with Crippen molar-refractivity contribution in [2.75, 3.05) is 13.7 Å². The molecule has 0 aliphatic rings. The summed E-state index contributed by atoms with van der Waals surface area (Å²) >= 11 is 0. The van der Waals surface area contributed by atoms with Gasteiger partial charge in [0.05, 0.1) is 19.6 Å². The van der Waals surface area contributed by atoms with Crippen molar-refractivity contribution in [2.24, 2.45) is 0 Å². The minimum Gasteiger partial charge on any atom is -0.469 e. The molecule has 116 valence electrons. The first-order valence-electron chi connectivity index (χ1n) is 7.09. The Bertz CT molecular complexity index is 633. The number of ether oxygens (including phenoxy) is 2. The fourth-order valence-corrected chi connectivity index (χ4v) is 2.20. The lowest BCUT2D eigenvalue weighted by Gasteiger charge is -2.17. The highest BCUT2D eigenvalue weighted by Gasteiger charge is 2.17. The zero-order valence-corrected chi connectivity index (χ0v) is 12.7. The second kappa shape index (κ2) is 7.45. The first kappa shape index (κ1) is 15.8. The summed E-state index contributed by atoms with van der Waals surface area (Å²) in [4.78, 5) is 23.2. The average Bonchev–Trinajstić information content (AvgIpc) is 3.04. The number of carbonyl (C=O) groups excluding carboxylic acids is 2. The topological polar surface area (TPSA) is 57.5 Å². The van der Waals surface area contributed by atoms with Crippen molar-refractivity contribution in [3.05, 3.63) is 59.9 Å². The van der Waals surface area contributed by atoms with E-state index in [1.807, 2.05) is 48.0 Å². The summed E-state index contributed by atoms with van der Waals surface area (Å²) in [5.74, 6) is -0.850. The van der Waals surface area contributed by atoms with Gasteiger partial charge in [0.2, 0.25) is 0 Å². The van der Waals surface area contributed by atoms with Crippen LogP contribution in [0.5, 0.6) is 0 Å². The van der Waals surface area contributed by atoms with E-state index in [-0.39, 0.29) is 19.1 Å². The van der Waals surface area contributed by atoms with Crippen LogP contribution in [0.1, 0.15) is 35.4 Å². The summed E-state index contributed by atoms with van der Waals surface area (Å²) < 4.78 is 11.5. The lowest BCUT2D eigenvalue weighted by molar-refractivity contribution is -0.141. The van der Waals surface area contributed by atoms with Gasteiger partial charge in [-0.3, -0.25) is 4.79 Å². The Labute approximate surface area is 129 Å². The Morgan fingerprint density at radius 3 is 2.55 bits per heavy atom. The Kier molecular flexibility index (Phi) is 5.36. The standard InChI is InChI=1S/C17H19NO4/c1-13(14-7-4-3-5-8-14)18-11-6-9-15(18)17(20)22-12-10-16(19)21-2/h3-9,11,13H,10,12H2,1-2H3. The number of carbonyl (C=O) groups is 2. The number of esters is 2. The largest absolute Gasteiger partial charge is 0.469 e. The van der Waals surface area contributed by atoms with Gasteiger partial charge in [-0.1, -0.05) is 30.3 Å². The lowest BCUT2D eigenvalue weighted by Crippen LogP contribution is -2.17. The van der Waals surface area contributed by atoms with Crippen LogP contribution in [0.3, 0.4) is 0 Å². The molecule has 0 amide bonds. The van der Waals surface area contributed by atoms with Crippen LogP contribution >= 0.6 is 0 Å². The predicted molar refractivity (Wildman–Crippen MR) is 81.6 cm³/mol. The van der Waals surface area contributed by atoms with Crippen molar-refractivity contribution in [1.29, 1.82) is 0 Å². The van der Waals surface area contributed by atoms with E-state index in [9.17, 15) is 9.59 Å². The minimum absolute atomic E-state index is 0.0103. The zero-order chi connectivity index (χ0) is 15.9. The van der Waals surface area contributed by atoms with Crippen molar-refractivity contribution in [2.45, 2.75) is 19.4 Å². The Morgan fingerprint density at radius 2 is 1.86 bits per heavy atom.